The number of fused-ring (bicyclic) bond motifs is 2. The molecule has 11 nitrogen and oxygen atoms in total. The summed E-state index contributed by atoms with van der Waals surface area (Å²) >= 11 is 6.96. The SMILES string of the molecule is C=CC(=O)N1CC2C(=O)N(C)c3c(Cl)c(-c4c(O)ccc(F)c4F)nc4c3c(nc(=O)n4-c3c(C)ccnc3C(C)C)N2CC1C. The van der Waals surface area contributed by atoms with Gasteiger partial charge in [0.25, 0.3) is 5.91 Å². The minimum Gasteiger partial charge on any atom is -0.507 e. The smallest absolute Gasteiger partial charge is 0.355 e. The lowest BCUT2D eigenvalue weighted by Gasteiger charge is -2.44. The van der Waals surface area contributed by atoms with Crippen LogP contribution in [0.15, 0.2) is 41.8 Å². The molecule has 0 bridgehead atoms. The first-order valence-electron chi connectivity index (χ1n) is 14.5. The number of phenols is 1. The predicted octanol–water partition coefficient (Wildman–Crippen LogP) is 4.48. The number of aryl methyl sites for hydroxylation is 1. The number of piperazine rings is 1. The van der Waals surface area contributed by atoms with Gasteiger partial charge in [0.15, 0.2) is 17.3 Å². The summed E-state index contributed by atoms with van der Waals surface area (Å²) in [6.07, 6.45) is 2.78. The van der Waals surface area contributed by atoms with E-state index in [1.54, 1.807) is 31.0 Å². The van der Waals surface area contributed by atoms with Gasteiger partial charge >= 0.3 is 5.69 Å². The van der Waals surface area contributed by atoms with E-state index in [2.05, 4.69) is 21.5 Å². The number of rotatable bonds is 4. The van der Waals surface area contributed by atoms with Crippen molar-refractivity contribution >= 4 is 46.0 Å². The molecule has 2 atom stereocenters. The van der Waals surface area contributed by atoms with Crippen molar-refractivity contribution in [3.8, 4) is 22.7 Å². The maximum Gasteiger partial charge on any atom is 0.355 e. The third kappa shape index (κ3) is 4.51. The predicted molar refractivity (Wildman–Crippen MR) is 170 cm³/mol. The summed E-state index contributed by atoms with van der Waals surface area (Å²) in [5, 5.41) is 10.7. The van der Waals surface area contributed by atoms with Gasteiger partial charge in [-0.2, -0.15) is 4.98 Å². The largest absolute Gasteiger partial charge is 0.507 e. The number of hydrogen-bond donors (Lipinski definition) is 1. The maximum atomic E-state index is 15.4. The van der Waals surface area contributed by atoms with Crippen LogP contribution in [0.3, 0.4) is 0 Å². The normalized spacial score (nSPS) is 17.8. The number of nitrogens with zero attached hydrogens (tertiary/aromatic N) is 7. The molecule has 46 heavy (non-hydrogen) atoms. The number of hydrogen-bond acceptors (Lipinski definition) is 8. The molecule has 1 saturated heterocycles. The second kappa shape index (κ2) is 11.2. The van der Waals surface area contributed by atoms with Crippen LogP contribution in [0.2, 0.25) is 5.02 Å². The van der Waals surface area contributed by atoms with Gasteiger partial charge in [-0.3, -0.25) is 14.6 Å². The molecule has 14 heteroatoms. The Kier molecular flexibility index (Phi) is 7.54. The Hall–Kier alpha value is -4.91. The average Bonchev–Trinajstić information content (AvgIpc) is 3.10. The Bertz CT molecular complexity index is 2050. The summed E-state index contributed by atoms with van der Waals surface area (Å²) in [6, 6.07) is 2.03. The van der Waals surface area contributed by atoms with Crippen molar-refractivity contribution in [2.24, 2.45) is 0 Å². The topological polar surface area (TPSA) is 125 Å². The summed E-state index contributed by atoms with van der Waals surface area (Å²) in [5.41, 5.74) is -0.297. The molecule has 5 heterocycles. The van der Waals surface area contributed by atoms with Crippen LogP contribution in [0.25, 0.3) is 28.0 Å². The molecule has 0 saturated carbocycles. The Morgan fingerprint density at radius 1 is 1.15 bits per heavy atom. The Labute approximate surface area is 267 Å². The lowest BCUT2D eigenvalue weighted by atomic mass is 10.0. The van der Waals surface area contributed by atoms with Crippen LogP contribution in [0.4, 0.5) is 20.3 Å². The van der Waals surface area contributed by atoms with Crippen LogP contribution in [-0.4, -0.2) is 73.6 Å². The summed E-state index contributed by atoms with van der Waals surface area (Å²) < 4.78 is 31.2. The van der Waals surface area contributed by atoms with E-state index in [0.717, 1.165) is 12.1 Å². The van der Waals surface area contributed by atoms with Crippen LogP contribution < -0.4 is 15.5 Å². The van der Waals surface area contributed by atoms with Gasteiger partial charge in [-0.05, 0) is 49.6 Å². The van der Waals surface area contributed by atoms with Crippen LogP contribution >= 0.6 is 11.6 Å². The molecule has 1 aromatic carbocycles. The van der Waals surface area contributed by atoms with Crippen molar-refractivity contribution < 1.29 is 23.5 Å². The highest BCUT2D eigenvalue weighted by Crippen LogP contribution is 2.48. The zero-order valence-electron chi connectivity index (χ0n) is 25.7. The molecular weight excluding hydrogens is 620 g/mol. The van der Waals surface area contributed by atoms with Crippen molar-refractivity contribution in [2.75, 3.05) is 29.9 Å². The van der Waals surface area contributed by atoms with E-state index < -0.39 is 52.3 Å². The number of carbonyl (C=O) groups excluding carboxylic acids is 2. The minimum atomic E-state index is -1.42. The van der Waals surface area contributed by atoms with Crippen LogP contribution in [0, 0.1) is 18.6 Å². The van der Waals surface area contributed by atoms with E-state index in [-0.39, 0.29) is 52.5 Å². The van der Waals surface area contributed by atoms with E-state index in [1.165, 1.54) is 27.5 Å². The molecule has 1 fully saturated rings. The number of benzene rings is 1. The number of carbonyl (C=O) groups is 2. The summed E-state index contributed by atoms with van der Waals surface area (Å²) in [4.78, 5) is 59.2. The Balaban J connectivity index is 1.80. The molecule has 2 aliphatic rings. The van der Waals surface area contributed by atoms with E-state index in [1.807, 2.05) is 13.8 Å². The number of halogens is 3. The average molecular weight is 650 g/mol. The highest BCUT2D eigenvalue weighted by atomic mass is 35.5. The third-order valence-electron chi connectivity index (χ3n) is 8.58. The maximum absolute atomic E-state index is 15.4. The van der Waals surface area contributed by atoms with Crippen molar-refractivity contribution in [3.63, 3.8) is 0 Å². The van der Waals surface area contributed by atoms with Gasteiger partial charge < -0.3 is 19.8 Å². The minimum absolute atomic E-state index is 0.0160. The zero-order chi connectivity index (χ0) is 33.4. The van der Waals surface area contributed by atoms with Gasteiger partial charge in [0, 0.05) is 25.8 Å². The molecule has 2 aliphatic heterocycles. The number of aromatic hydroxyl groups is 1. The van der Waals surface area contributed by atoms with Gasteiger partial charge in [0.2, 0.25) is 5.91 Å². The molecular formula is C32H30ClF2N7O4. The number of amides is 2. The first-order valence-corrected chi connectivity index (χ1v) is 14.9. The molecule has 1 N–H and O–H groups in total. The molecule has 0 aliphatic carbocycles. The van der Waals surface area contributed by atoms with Gasteiger partial charge in [0.05, 0.1) is 39.6 Å². The highest BCUT2D eigenvalue weighted by molar-refractivity contribution is 6.39. The highest BCUT2D eigenvalue weighted by Gasteiger charge is 2.45. The Morgan fingerprint density at radius 3 is 2.54 bits per heavy atom. The fraction of sp³-hybridized carbons (Fsp3) is 0.312. The molecule has 4 aromatic rings. The fourth-order valence-electron chi connectivity index (χ4n) is 6.31. The van der Waals surface area contributed by atoms with Crippen molar-refractivity contribution in [1.29, 1.82) is 0 Å². The number of likely N-dealkylation sites (N-methyl/N-ethyl adjacent to an activating group) is 1. The standard InChI is InChI=1S/C32H30ClF2N7O4/c1-7-20(44)40-13-18-31(45)39(6)28-22-29(41(18)12-16(40)5)38-32(46)42(27-15(4)10-11-36-25(27)14(2)3)30(22)37-26(23(28)33)21-19(43)9-8-17(34)24(21)35/h7-11,14,16,18,43H,1,12-13H2,2-6H3. The van der Waals surface area contributed by atoms with E-state index in [9.17, 15) is 23.9 Å². The zero-order valence-corrected chi connectivity index (χ0v) is 26.4. The lowest BCUT2D eigenvalue weighted by Crippen LogP contribution is -2.63. The second-order valence-electron chi connectivity index (χ2n) is 11.8. The number of anilines is 2. The third-order valence-corrected chi connectivity index (χ3v) is 8.93. The first-order chi connectivity index (χ1) is 21.8. The van der Waals surface area contributed by atoms with Crippen molar-refractivity contribution in [2.45, 2.75) is 45.7 Å². The first kappa shape index (κ1) is 31.1. The Morgan fingerprint density at radius 2 is 1.87 bits per heavy atom. The fourth-order valence-corrected chi connectivity index (χ4v) is 6.67. The molecule has 3 aromatic heterocycles. The molecule has 0 radical (unpaired) electrons. The van der Waals surface area contributed by atoms with E-state index in [0.29, 0.717) is 16.9 Å². The van der Waals surface area contributed by atoms with Crippen molar-refractivity contribution in [1.82, 2.24) is 24.4 Å². The monoisotopic (exact) mass is 649 g/mol. The van der Waals surface area contributed by atoms with E-state index >= 15 is 4.39 Å². The van der Waals surface area contributed by atoms with E-state index in [4.69, 9.17) is 11.6 Å². The van der Waals surface area contributed by atoms with Crippen LogP contribution in [0.1, 0.15) is 37.9 Å². The van der Waals surface area contributed by atoms with Crippen LogP contribution in [-0.2, 0) is 9.59 Å². The summed E-state index contributed by atoms with van der Waals surface area (Å²) in [5.74, 6) is -4.29. The number of aromatic nitrogens is 4. The van der Waals surface area contributed by atoms with Crippen LogP contribution in [0.5, 0.6) is 5.75 Å². The molecule has 2 amide bonds. The van der Waals surface area contributed by atoms with Crippen molar-refractivity contribution in [3.05, 3.63) is 75.4 Å². The molecule has 6 rings (SSSR count). The number of pyridine rings is 2. The quantitative estimate of drug-likeness (QED) is 0.321. The van der Waals surface area contributed by atoms with Gasteiger partial charge in [-0.15, -0.1) is 0 Å². The lowest BCUT2D eigenvalue weighted by molar-refractivity contribution is -0.130. The summed E-state index contributed by atoms with van der Waals surface area (Å²) in [7, 11) is 1.45. The van der Waals surface area contributed by atoms with Gasteiger partial charge in [-0.25, -0.2) is 23.1 Å². The van der Waals surface area contributed by atoms with Gasteiger partial charge in [-0.1, -0.05) is 32.0 Å². The summed E-state index contributed by atoms with van der Waals surface area (Å²) in [6.45, 7) is 11.0. The number of phenolic OH excluding ortho intramolecular Hbond substituents is 1. The molecule has 2 unspecified atom stereocenters. The second-order valence-corrected chi connectivity index (χ2v) is 12.1. The molecule has 0 spiro atoms. The van der Waals surface area contributed by atoms with Gasteiger partial charge in [0.1, 0.15) is 23.3 Å². The molecule has 238 valence electrons.